The first kappa shape index (κ1) is 29.6. The van der Waals surface area contributed by atoms with Gasteiger partial charge in [-0.3, -0.25) is 14.4 Å². The summed E-state index contributed by atoms with van der Waals surface area (Å²) in [5, 5.41) is 2.90. The molecule has 1 heterocycles. The highest BCUT2D eigenvalue weighted by Gasteiger charge is 2.48. The maximum Gasteiger partial charge on any atom is 0.262 e. The molecule has 1 amide bonds. The lowest BCUT2D eigenvalue weighted by molar-refractivity contribution is -0.120. The van der Waals surface area contributed by atoms with E-state index in [0.717, 1.165) is 46.6 Å². The third-order valence-electron chi connectivity index (χ3n) is 8.72. The molecule has 0 bridgehead atoms. The van der Waals surface area contributed by atoms with E-state index in [2.05, 4.69) is 37.9 Å². The second-order valence-corrected chi connectivity index (χ2v) is 13.7. The molecule has 0 aromatic heterocycles. The van der Waals surface area contributed by atoms with Crippen molar-refractivity contribution in [2.75, 3.05) is 26.1 Å². The minimum absolute atomic E-state index is 0.0876. The van der Waals surface area contributed by atoms with Gasteiger partial charge < -0.3 is 19.7 Å². The van der Waals surface area contributed by atoms with Crippen LogP contribution in [0, 0.1) is 24.7 Å². The Morgan fingerprint density at radius 3 is 2.02 bits per heavy atom. The lowest BCUT2D eigenvalue weighted by Gasteiger charge is -2.47. The van der Waals surface area contributed by atoms with Gasteiger partial charge in [0.05, 0.1) is 7.11 Å². The second-order valence-electron chi connectivity index (χ2n) is 13.7. The summed E-state index contributed by atoms with van der Waals surface area (Å²) in [5.41, 5.74) is 6.79. The number of hydrogen-bond acceptors (Lipinski definition) is 6. The Morgan fingerprint density at radius 1 is 0.881 bits per heavy atom. The van der Waals surface area contributed by atoms with Crippen molar-refractivity contribution in [1.29, 1.82) is 0 Å². The smallest absolute Gasteiger partial charge is 0.262 e. The number of anilines is 1. The van der Waals surface area contributed by atoms with Crippen molar-refractivity contribution in [3.8, 4) is 11.5 Å². The Kier molecular flexibility index (Phi) is 7.58. The van der Waals surface area contributed by atoms with E-state index in [9.17, 15) is 14.4 Å². The molecule has 2 aromatic rings. The molecule has 222 valence electrons. The molecular formula is C35H42N2O5. The lowest BCUT2D eigenvalue weighted by atomic mass is 9.64. The molecule has 7 nitrogen and oxygen atoms in total. The second kappa shape index (κ2) is 10.8. The summed E-state index contributed by atoms with van der Waals surface area (Å²) in [6.07, 6.45) is 2.40. The molecule has 0 spiro atoms. The summed E-state index contributed by atoms with van der Waals surface area (Å²) in [7, 11) is 3.55. The molecule has 2 aromatic carbocycles. The minimum Gasteiger partial charge on any atom is -0.493 e. The number of Topliss-reactive ketones (excluding diaryl/α,β-unsaturated/α-hetero) is 2. The molecule has 5 rings (SSSR count). The quantitative estimate of drug-likeness (QED) is 0.419. The van der Waals surface area contributed by atoms with Gasteiger partial charge in [-0.25, -0.2) is 0 Å². The SMILES string of the molecule is COc1cc(C2C3=C(CC(C)(C)CC3=O)N(C)C3=C2C(=O)CC(C)(C)C3)ccc1OCC(=O)Nc1ccc(C)cc1C. The van der Waals surface area contributed by atoms with Crippen LogP contribution in [0.4, 0.5) is 5.69 Å². The number of benzene rings is 2. The molecule has 42 heavy (non-hydrogen) atoms. The van der Waals surface area contributed by atoms with E-state index in [-0.39, 0.29) is 34.9 Å². The molecule has 7 heteroatoms. The van der Waals surface area contributed by atoms with Crippen LogP contribution in [0.3, 0.4) is 0 Å². The molecule has 0 unspecified atom stereocenters. The first-order valence-electron chi connectivity index (χ1n) is 14.6. The van der Waals surface area contributed by atoms with Gasteiger partial charge in [-0.2, -0.15) is 0 Å². The van der Waals surface area contributed by atoms with Gasteiger partial charge in [0.15, 0.2) is 29.7 Å². The van der Waals surface area contributed by atoms with Gasteiger partial charge in [0.2, 0.25) is 0 Å². The Bertz CT molecular complexity index is 1490. The van der Waals surface area contributed by atoms with Gasteiger partial charge in [0.1, 0.15) is 0 Å². The van der Waals surface area contributed by atoms with Gasteiger partial charge in [-0.1, -0.05) is 51.5 Å². The summed E-state index contributed by atoms with van der Waals surface area (Å²) >= 11 is 0. The van der Waals surface area contributed by atoms with E-state index >= 15 is 0 Å². The van der Waals surface area contributed by atoms with Crippen molar-refractivity contribution < 1.29 is 23.9 Å². The molecule has 0 saturated heterocycles. The molecule has 0 saturated carbocycles. The molecule has 1 N–H and O–H groups in total. The number of ketones is 2. The number of amides is 1. The molecule has 0 atom stereocenters. The van der Waals surface area contributed by atoms with E-state index in [4.69, 9.17) is 9.47 Å². The number of carbonyl (C=O) groups is 3. The molecule has 0 fully saturated rings. The average Bonchev–Trinajstić information content (AvgIpc) is 2.89. The number of methoxy groups -OCH3 is 1. The number of allylic oxidation sites excluding steroid dienone is 4. The van der Waals surface area contributed by atoms with Gasteiger partial charge in [-0.15, -0.1) is 0 Å². The average molecular weight is 571 g/mol. The maximum absolute atomic E-state index is 13.8. The van der Waals surface area contributed by atoms with Gasteiger partial charge in [-0.05, 0) is 66.8 Å². The third kappa shape index (κ3) is 5.61. The maximum atomic E-state index is 13.8. The Balaban J connectivity index is 1.48. The Hall–Kier alpha value is -3.87. The molecule has 1 aliphatic heterocycles. The lowest BCUT2D eigenvalue weighted by Crippen LogP contribution is -2.43. The van der Waals surface area contributed by atoms with Crippen LogP contribution < -0.4 is 14.8 Å². The number of nitrogens with zero attached hydrogens (tertiary/aromatic N) is 1. The van der Waals surface area contributed by atoms with Crippen LogP contribution in [-0.2, 0) is 14.4 Å². The van der Waals surface area contributed by atoms with Crippen LogP contribution in [0.2, 0.25) is 0 Å². The molecule has 2 aliphatic carbocycles. The summed E-state index contributed by atoms with van der Waals surface area (Å²) in [4.78, 5) is 42.3. The predicted octanol–water partition coefficient (Wildman–Crippen LogP) is 6.64. The van der Waals surface area contributed by atoms with E-state index in [1.54, 1.807) is 13.2 Å². The van der Waals surface area contributed by atoms with E-state index in [0.29, 0.717) is 35.5 Å². The highest BCUT2D eigenvalue weighted by molar-refractivity contribution is 6.06. The highest BCUT2D eigenvalue weighted by Crippen LogP contribution is 2.54. The van der Waals surface area contributed by atoms with Gasteiger partial charge in [0.25, 0.3) is 5.91 Å². The van der Waals surface area contributed by atoms with Crippen molar-refractivity contribution in [3.05, 3.63) is 75.6 Å². The van der Waals surface area contributed by atoms with Crippen molar-refractivity contribution in [2.45, 2.75) is 73.1 Å². The number of ether oxygens (including phenoxy) is 2. The van der Waals surface area contributed by atoms with Gasteiger partial charge >= 0.3 is 0 Å². The first-order valence-corrected chi connectivity index (χ1v) is 14.6. The Morgan fingerprint density at radius 2 is 1.48 bits per heavy atom. The monoisotopic (exact) mass is 570 g/mol. The summed E-state index contributed by atoms with van der Waals surface area (Å²) in [6, 6.07) is 11.4. The number of aryl methyl sites for hydroxylation is 2. The summed E-state index contributed by atoms with van der Waals surface area (Å²) in [6.45, 7) is 12.3. The largest absolute Gasteiger partial charge is 0.493 e. The van der Waals surface area contributed by atoms with Crippen molar-refractivity contribution >= 4 is 23.2 Å². The number of rotatable bonds is 6. The van der Waals surface area contributed by atoms with E-state index < -0.39 is 5.92 Å². The van der Waals surface area contributed by atoms with Crippen molar-refractivity contribution in [2.24, 2.45) is 10.8 Å². The fourth-order valence-corrected chi connectivity index (χ4v) is 6.76. The normalized spacial score (nSPS) is 19.9. The van der Waals surface area contributed by atoms with Crippen LogP contribution >= 0.6 is 0 Å². The number of carbonyl (C=O) groups excluding carboxylic acids is 3. The standard InChI is InChI=1S/C35H42N2O5/c1-20-9-11-23(21(2)13-20)36-30(40)19-42-28-12-10-22(14-29(28)41-8)31-32-24(15-34(3,4)17-26(32)38)37(7)25-16-35(5,6)18-27(39)33(25)31/h9-14,31H,15-19H2,1-8H3,(H,36,40). The zero-order chi connectivity index (χ0) is 30.6. The van der Waals surface area contributed by atoms with Gasteiger partial charge in [0, 0.05) is 54.0 Å². The predicted molar refractivity (Wildman–Crippen MR) is 164 cm³/mol. The Labute approximate surface area is 249 Å². The van der Waals surface area contributed by atoms with E-state index in [1.165, 1.54) is 0 Å². The fourth-order valence-electron chi connectivity index (χ4n) is 6.76. The van der Waals surface area contributed by atoms with Crippen LogP contribution in [0.25, 0.3) is 0 Å². The third-order valence-corrected chi connectivity index (χ3v) is 8.72. The van der Waals surface area contributed by atoms with Crippen molar-refractivity contribution in [1.82, 2.24) is 4.90 Å². The van der Waals surface area contributed by atoms with Crippen LogP contribution in [0.1, 0.15) is 76.0 Å². The first-order chi connectivity index (χ1) is 19.7. The number of nitrogens with one attached hydrogen (secondary N) is 1. The summed E-state index contributed by atoms with van der Waals surface area (Å²) < 4.78 is 11.6. The highest BCUT2D eigenvalue weighted by atomic mass is 16.5. The van der Waals surface area contributed by atoms with Crippen molar-refractivity contribution in [3.63, 3.8) is 0 Å². The van der Waals surface area contributed by atoms with Crippen LogP contribution in [0.15, 0.2) is 58.9 Å². The molecule has 3 aliphatic rings. The van der Waals surface area contributed by atoms with Crippen LogP contribution in [0.5, 0.6) is 11.5 Å². The fraction of sp³-hybridized carbons (Fsp3) is 0.457. The minimum atomic E-state index is -0.464. The number of hydrogen-bond donors (Lipinski definition) is 1. The van der Waals surface area contributed by atoms with E-state index in [1.807, 2.05) is 51.2 Å². The topological polar surface area (TPSA) is 84.9 Å². The van der Waals surface area contributed by atoms with Crippen LogP contribution in [-0.4, -0.2) is 43.1 Å². The molecular weight excluding hydrogens is 528 g/mol. The summed E-state index contributed by atoms with van der Waals surface area (Å²) in [5.74, 6) is 0.296. The molecule has 0 radical (unpaired) electrons. The zero-order valence-corrected chi connectivity index (χ0v) is 26.1. The zero-order valence-electron chi connectivity index (χ0n) is 26.1.